The number of hydrogen-bond acceptors (Lipinski definition) is 2. The van der Waals surface area contributed by atoms with E-state index in [0.29, 0.717) is 5.02 Å². The maximum Gasteiger partial charge on any atom is 0.115 e. The van der Waals surface area contributed by atoms with Crippen LogP contribution in [0.4, 0.5) is 0 Å². The average Bonchev–Trinajstić information content (AvgIpc) is 1.97. The van der Waals surface area contributed by atoms with Crippen molar-refractivity contribution >= 4 is 11.6 Å². The zero-order valence-electron chi connectivity index (χ0n) is 6.54. The Morgan fingerprint density at radius 2 is 1.55 bits per heavy atom. The summed E-state index contributed by atoms with van der Waals surface area (Å²) in [6.45, 7) is 0. The number of ether oxygens (including phenoxy) is 1. The minimum absolute atomic E-state index is 0.245. The molecule has 0 aliphatic heterocycles. The highest BCUT2D eigenvalue weighted by molar-refractivity contribution is 6.30. The van der Waals surface area contributed by atoms with Crippen molar-refractivity contribution in [2.45, 2.75) is 0 Å². The van der Waals surface area contributed by atoms with Crippen molar-refractivity contribution in [1.82, 2.24) is 0 Å². The van der Waals surface area contributed by atoms with Crippen LogP contribution in [0.2, 0.25) is 5.02 Å². The second kappa shape index (κ2) is 6.01. The molecule has 1 aromatic rings. The van der Waals surface area contributed by atoms with E-state index in [9.17, 15) is 0 Å². The molecule has 0 aliphatic rings. The number of rotatable bonds is 0. The van der Waals surface area contributed by atoms with E-state index in [2.05, 4.69) is 4.74 Å². The van der Waals surface area contributed by atoms with Gasteiger partial charge in [0.1, 0.15) is 5.75 Å². The predicted octanol–water partition coefficient (Wildman–Crippen LogP) is 2.31. The Morgan fingerprint density at radius 3 is 1.82 bits per heavy atom. The molecule has 0 radical (unpaired) electrons. The number of phenolic OH excluding ortho intramolecular Hbond substituents is 1. The third kappa shape index (κ3) is 5.70. The highest BCUT2D eigenvalue weighted by atomic mass is 35.5. The lowest BCUT2D eigenvalue weighted by Gasteiger charge is -1.87. The first-order chi connectivity index (χ1) is 5.20. The lowest BCUT2D eigenvalue weighted by Crippen LogP contribution is -1.61. The van der Waals surface area contributed by atoms with Gasteiger partial charge in [0.25, 0.3) is 0 Å². The third-order valence-electron chi connectivity index (χ3n) is 0.827. The van der Waals surface area contributed by atoms with Crippen molar-refractivity contribution in [2.24, 2.45) is 0 Å². The van der Waals surface area contributed by atoms with Crippen LogP contribution in [0.3, 0.4) is 0 Å². The molecule has 0 aromatic heterocycles. The van der Waals surface area contributed by atoms with Gasteiger partial charge >= 0.3 is 0 Å². The Morgan fingerprint density at radius 1 is 1.18 bits per heavy atom. The molecule has 2 nitrogen and oxygen atoms in total. The van der Waals surface area contributed by atoms with E-state index < -0.39 is 0 Å². The number of methoxy groups -OCH3 is 1. The van der Waals surface area contributed by atoms with Crippen molar-refractivity contribution in [3.05, 3.63) is 29.3 Å². The summed E-state index contributed by atoms with van der Waals surface area (Å²) in [6, 6.07) is 6.36. The van der Waals surface area contributed by atoms with Gasteiger partial charge in [-0.1, -0.05) is 11.6 Å². The molecule has 0 heterocycles. The van der Waals surface area contributed by atoms with Gasteiger partial charge < -0.3 is 9.84 Å². The standard InChI is InChI=1S/C6H5ClO.C2H6O/c7-5-1-3-6(8)4-2-5;1-3-2/h1-4,8H;1-2H3. The van der Waals surface area contributed by atoms with Crippen molar-refractivity contribution in [2.75, 3.05) is 14.2 Å². The molecule has 0 unspecified atom stereocenters. The average molecular weight is 175 g/mol. The minimum atomic E-state index is 0.245. The van der Waals surface area contributed by atoms with Gasteiger partial charge in [-0.15, -0.1) is 0 Å². The van der Waals surface area contributed by atoms with Crippen LogP contribution in [0.5, 0.6) is 5.75 Å². The molecular weight excluding hydrogens is 164 g/mol. The molecule has 1 aromatic carbocycles. The van der Waals surface area contributed by atoms with Crippen LogP contribution in [0.1, 0.15) is 0 Å². The van der Waals surface area contributed by atoms with E-state index in [1.54, 1.807) is 38.5 Å². The quantitative estimate of drug-likeness (QED) is 0.654. The van der Waals surface area contributed by atoms with Gasteiger partial charge in [0.2, 0.25) is 0 Å². The van der Waals surface area contributed by atoms with Gasteiger partial charge in [0.15, 0.2) is 0 Å². The van der Waals surface area contributed by atoms with Crippen molar-refractivity contribution in [3.8, 4) is 5.75 Å². The molecule has 0 saturated heterocycles. The Hall–Kier alpha value is -0.730. The molecule has 0 amide bonds. The molecule has 11 heavy (non-hydrogen) atoms. The van der Waals surface area contributed by atoms with Crippen LogP contribution in [0, 0.1) is 0 Å². The Kier molecular flexibility index (Phi) is 5.61. The Labute approximate surface area is 71.4 Å². The van der Waals surface area contributed by atoms with E-state index in [0.717, 1.165) is 0 Å². The van der Waals surface area contributed by atoms with E-state index >= 15 is 0 Å². The van der Waals surface area contributed by atoms with Gasteiger partial charge in [-0.25, -0.2) is 0 Å². The smallest absolute Gasteiger partial charge is 0.115 e. The summed E-state index contributed by atoms with van der Waals surface area (Å²) < 4.78 is 4.25. The van der Waals surface area contributed by atoms with Crippen LogP contribution in [0.15, 0.2) is 24.3 Å². The fourth-order valence-corrected chi connectivity index (χ4v) is 0.567. The fraction of sp³-hybridized carbons (Fsp3) is 0.250. The summed E-state index contributed by atoms with van der Waals surface area (Å²) in [5.41, 5.74) is 0. The summed E-state index contributed by atoms with van der Waals surface area (Å²) in [6.07, 6.45) is 0. The monoisotopic (exact) mass is 174 g/mol. The Balaban J connectivity index is 0.000000292. The summed E-state index contributed by atoms with van der Waals surface area (Å²) in [4.78, 5) is 0. The van der Waals surface area contributed by atoms with Crippen LogP contribution in [-0.2, 0) is 4.74 Å². The van der Waals surface area contributed by atoms with Crippen molar-refractivity contribution in [3.63, 3.8) is 0 Å². The lowest BCUT2D eigenvalue weighted by atomic mass is 10.3. The molecule has 0 atom stereocenters. The zero-order chi connectivity index (χ0) is 8.69. The maximum absolute atomic E-state index is 8.70. The van der Waals surface area contributed by atoms with Gasteiger partial charge in [-0.3, -0.25) is 0 Å². The first kappa shape index (κ1) is 10.3. The highest BCUT2D eigenvalue weighted by Crippen LogP contribution is 2.12. The maximum atomic E-state index is 8.70. The molecule has 0 aliphatic carbocycles. The molecular formula is C8H11ClO2. The lowest BCUT2D eigenvalue weighted by molar-refractivity contribution is 0.277. The molecule has 0 spiro atoms. The largest absolute Gasteiger partial charge is 0.508 e. The van der Waals surface area contributed by atoms with Crippen LogP contribution >= 0.6 is 11.6 Å². The molecule has 3 heteroatoms. The molecule has 1 N–H and O–H groups in total. The van der Waals surface area contributed by atoms with Crippen molar-refractivity contribution < 1.29 is 9.84 Å². The van der Waals surface area contributed by atoms with Crippen LogP contribution in [-0.4, -0.2) is 19.3 Å². The molecule has 0 bridgehead atoms. The second-order valence-electron chi connectivity index (χ2n) is 1.88. The molecule has 1 rings (SSSR count). The summed E-state index contributed by atoms with van der Waals surface area (Å²) in [7, 11) is 3.25. The number of phenols is 1. The predicted molar refractivity (Wildman–Crippen MR) is 46.0 cm³/mol. The van der Waals surface area contributed by atoms with E-state index in [1.165, 1.54) is 0 Å². The number of aromatic hydroxyl groups is 1. The fourth-order valence-electron chi connectivity index (χ4n) is 0.441. The molecule has 62 valence electrons. The number of halogens is 1. The van der Waals surface area contributed by atoms with Gasteiger partial charge in [-0.2, -0.15) is 0 Å². The topological polar surface area (TPSA) is 29.5 Å². The molecule has 0 saturated carbocycles. The Bertz CT molecular complexity index is 163. The second-order valence-corrected chi connectivity index (χ2v) is 2.32. The van der Waals surface area contributed by atoms with Gasteiger partial charge in [-0.05, 0) is 24.3 Å². The summed E-state index contributed by atoms with van der Waals surface area (Å²) >= 11 is 5.50. The minimum Gasteiger partial charge on any atom is -0.508 e. The van der Waals surface area contributed by atoms with Gasteiger partial charge in [0.05, 0.1) is 0 Å². The van der Waals surface area contributed by atoms with Gasteiger partial charge in [0, 0.05) is 19.2 Å². The zero-order valence-corrected chi connectivity index (χ0v) is 7.30. The van der Waals surface area contributed by atoms with E-state index in [-0.39, 0.29) is 5.75 Å². The SMILES string of the molecule is COC.Oc1ccc(Cl)cc1. The molecule has 0 fully saturated rings. The number of benzene rings is 1. The van der Waals surface area contributed by atoms with E-state index in [4.69, 9.17) is 16.7 Å². The third-order valence-corrected chi connectivity index (χ3v) is 1.08. The van der Waals surface area contributed by atoms with Crippen LogP contribution < -0.4 is 0 Å². The number of hydrogen-bond donors (Lipinski definition) is 1. The van der Waals surface area contributed by atoms with Crippen LogP contribution in [0.25, 0.3) is 0 Å². The summed E-state index contributed by atoms with van der Waals surface area (Å²) in [5.74, 6) is 0.245. The first-order valence-corrected chi connectivity index (χ1v) is 3.43. The van der Waals surface area contributed by atoms with Crippen molar-refractivity contribution in [1.29, 1.82) is 0 Å². The first-order valence-electron chi connectivity index (χ1n) is 3.05. The van der Waals surface area contributed by atoms with E-state index in [1.807, 2.05) is 0 Å². The highest BCUT2D eigenvalue weighted by Gasteiger charge is 1.84. The normalized spacial score (nSPS) is 8.27. The summed E-state index contributed by atoms with van der Waals surface area (Å²) in [5, 5.41) is 9.34.